The summed E-state index contributed by atoms with van der Waals surface area (Å²) in [5, 5.41) is 3.21. The molecule has 25 heavy (non-hydrogen) atoms. The Morgan fingerprint density at radius 1 is 1.08 bits per heavy atom. The maximum Gasteiger partial charge on any atom is 0.227 e. The number of carbonyl (C=O) groups is 2. The maximum atomic E-state index is 12.6. The lowest BCUT2D eigenvalue weighted by molar-refractivity contribution is -0.135. The van der Waals surface area contributed by atoms with Crippen molar-refractivity contribution in [2.75, 3.05) is 33.2 Å². The highest BCUT2D eigenvalue weighted by atomic mass is 16.2. The smallest absolute Gasteiger partial charge is 0.227 e. The number of nitrogens with one attached hydrogen (secondary N) is 1. The van der Waals surface area contributed by atoms with Gasteiger partial charge in [-0.15, -0.1) is 0 Å². The van der Waals surface area contributed by atoms with Crippen LogP contribution in [-0.2, 0) is 16.0 Å². The van der Waals surface area contributed by atoms with Gasteiger partial charge in [-0.1, -0.05) is 30.3 Å². The van der Waals surface area contributed by atoms with Crippen molar-refractivity contribution >= 4 is 11.8 Å². The summed E-state index contributed by atoms with van der Waals surface area (Å²) in [6, 6.07) is 10.1. The lowest BCUT2D eigenvalue weighted by Crippen LogP contribution is -2.50. The SMILES string of the molecule is CN1CCC(NC(=O)[C@@H]2CCCN(C(=O)Cc3ccccc3)C2)CC1. The first-order chi connectivity index (χ1) is 12.1. The van der Waals surface area contributed by atoms with E-state index in [1.54, 1.807) is 0 Å². The zero-order valence-corrected chi connectivity index (χ0v) is 15.1. The van der Waals surface area contributed by atoms with Gasteiger partial charge < -0.3 is 15.1 Å². The third kappa shape index (κ3) is 5.05. The molecule has 1 atom stereocenters. The number of rotatable bonds is 4. The van der Waals surface area contributed by atoms with Gasteiger partial charge in [0.1, 0.15) is 0 Å². The van der Waals surface area contributed by atoms with Crippen LogP contribution in [0.25, 0.3) is 0 Å². The number of carbonyl (C=O) groups excluding carboxylic acids is 2. The van der Waals surface area contributed by atoms with Gasteiger partial charge in [-0.3, -0.25) is 9.59 Å². The van der Waals surface area contributed by atoms with E-state index >= 15 is 0 Å². The fourth-order valence-electron chi connectivity index (χ4n) is 3.77. The van der Waals surface area contributed by atoms with Crippen molar-refractivity contribution in [2.45, 2.75) is 38.1 Å². The fourth-order valence-corrected chi connectivity index (χ4v) is 3.77. The van der Waals surface area contributed by atoms with Crippen LogP contribution in [0.4, 0.5) is 0 Å². The van der Waals surface area contributed by atoms with Crippen molar-refractivity contribution in [3.05, 3.63) is 35.9 Å². The Morgan fingerprint density at radius 2 is 1.80 bits per heavy atom. The van der Waals surface area contributed by atoms with Gasteiger partial charge in [-0.25, -0.2) is 0 Å². The average molecular weight is 343 g/mol. The molecule has 2 saturated heterocycles. The van der Waals surface area contributed by atoms with Crippen LogP contribution in [0.5, 0.6) is 0 Å². The number of likely N-dealkylation sites (tertiary alicyclic amines) is 2. The second-order valence-corrected chi connectivity index (χ2v) is 7.43. The predicted octanol–water partition coefficient (Wildman–Crippen LogP) is 1.68. The molecule has 0 radical (unpaired) electrons. The highest BCUT2D eigenvalue weighted by molar-refractivity contribution is 5.82. The van der Waals surface area contributed by atoms with E-state index < -0.39 is 0 Å². The Morgan fingerprint density at radius 3 is 2.52 bits per heavy atom. The van der Waals surface area contributed by atoms with Gasteiger partial charge in [0.25, 0.3) is 0 Å². The molecule has 0 unspecified atom stereocenters. The molecule has 1 aromatic carbocycles. The average Bonchev–Trinajstić information content (AvgIpc) is 2.64. The summed E-state index contributed by atoms with van der Waals surface area (Å²) in [7, 11) is 2.12. The van der Waals surface area contributed by atoms with Crippen molar-refractivity contribution in [3.63, 3.8) is 0 Å². The second-order valence-electron chi connectivity index (χ2n) is 7.43. The number of amides is 2. The van der Waals surface area contributed by atoms with Crippen LogP contribution in [0.3, 0.4) is 0 Å². The summed E-state index contributed by atoms with van der Waals surface area (Å²) in [6.45, 7) is 3.41. The van der Waals surface area contributed by atoms with Gasteiger partial charge >= 0.3 is 0 Å². The van der Waals surface area contributed by atoms with Crippen LogP contribution in [0.1, 0.15) is 31.2 Å². The fraction of sp³-hybridized carbons (Fsp3) is 0.600. The zero-order valence-electron chi connectivity index (χ0n) is 15.1. The topological polar surface area (TPSA) is 52.7 Å². The van der Waals surface area contributed by atoms with Crippen LogP contribution in [0.2, 0.25) is 0 Å². The monoisotopic (exact) mass is 343 g/mol. The Kier molecular flexibility index (Phi) is 6.08. The molecule has 0 aromatic heterocycles. The van der Waals surface area contributed by atoms with Crippen LogP contribution in [0, 0.1) is 5.92 Å². The minimum Gasteiger partial charge on any atom is -0.353 e. The van der Waals surface area contributed by atoms with E-state index in [-0.39, 0.29) is 17.7 Å². The lowest BCUT2D eigenvalue weighted by Gasteiger charge is -2.34. The van der Waals surface area contributed by atoms with Crippen LogP contribution in [-0.4, -0.2) is 60.9 Å². The molecule has 0 bridgehead atoms. The van der Waals surface area contributed by atoms with E-state index in [1.165, 1.54) is 0 Å². The minimum atomic E-state index is -0.0619. The summed E-state index contributed by atoms with van der Waals surface area (Å²) in [5.41, 5.74) is 1.03. The Labute approximate surface area is 150 Å². The molecule has 2 aliphatic rings. The normalized spacial score (nSPS) is 22.6. The number of hydrogen-bond donors (Lipinski definition) is 1. The van der Waals surface area contributed by atoms with Crippen molar-refractivity contribution < 1.29 is 9.59 Å². The van der Waals surface area contributed by atoms with E-state index in [1.807, 2.05) is 35.2 Å². The van der Waals surface area contributed by atoms with Crippen LogP contribution < -0.4 is 5.32 Å². The summed E-state index contributed by atoms with van der Waals surface area (Å²) in [5.74, 6) is 0.197. The Hall–Kier alpha value is -1.88. The molecular weight excluding hydrogens is 314 g/mol. The first-order valence-corrected chi connectivity index (χ1v) is 9.42. The summed E-state index contributed by atoms with van der Waals surface area (Å²) >= 11 is 0. The van der Waals surface area contributed by atoms with Gasteiger partial charge in [0.2, 0.25) is 11.8 Å². The number of hydrogen-bond acceptors (Lipinski definition) is 3. The number of nitrogens with zero attached hydrogens (tertiary/aromatic N) is 2. The first-order valence-electron chi connectivity index (χ1n) is 9.42. The molecular formula is C20H29N3O2. The van der Waals surface area contributed by atoms with Crippen molar-refractivity contribution in [2.24, 2.45) is 5.92 Å². The molecule has 2 fully saturated rings. The molecule has 2 amide bonds. The number of piperidine rings is 2. The lowest BCUT2D eigenvalue weighted by atomic mass is 9.95. The summed E-state index contributed by atoms with van der Waals surface area (Å²) in [6.07, 6.45) is 4.25. The van der Waals surface area contributed by atoms with Crippen LogP contribution in [0.15, 0.2) is 30.3 Å². The molecule has 2 aliphatic heterocycles. The Balaban J connectivity index is 1.50. The van der Waals surface area contributed by atoms with E-state index in [2.05, 4.69) is 17.3 Å². The van der Waals surface area contributed by atoms with Gasteiger partial charge in [0.05, 0.1) is 12.3 Å². The van der Waals surface area contributed by atoms with Crippen molar-refractivity contribution in [1.82, 2.24) is 15.1 Å². The quantitative estimate of drug-likeness (QED) is 0.905. The first kappa shape index (κ1) is 17.9. The van der Waals surface area contributed by atoms with E-state index in [0.717, 1.165) is 50.9 Å². The van der Waals surface area contributed by atoms with Gasteiger partial charge in [-0.05, 0) is 51.4 Å². The van der Waals surface area contributed by atoms with Gasteiger partial charge in [0.15, 0.2) is 0 Å². The molecule has 3 rings (SSSR count). The molecule has 5 heteroatoms. The largest absolute Gasteiger partial charge is 0.353 e. The molecule has 1 N–H and O–H groups in total. The van der Waals surface area contributed by atoms with E-state index in [9.17, 15) is 9.59 Å². The Bertz CT molecular complexity index is 582. The molecule has 0 saturated carbocycles. The maximum absolute atomic E-state index is 12.6. The second kappa shape index (κ2) is 8.48. The highest BCUT2D eigenvalue weighted by Crippen LogP contribution is 2.19. The van der Waals surface area contributed by atoms with Gasteiger partial charge in [0, 0.05) is 19.1 Å². The molecule has 2 heterocycles. The molecule has 136 valence electrons. The zero-order chi connectivity index (χ0) is 17.6. The highest BCUT2D eigenvalue weighted by Gasteiger charge is 2.30. The molecule has 1 aromatic rings. The third-order valence-corrected chi connectivity index (χ3v) is 5.41. The summed E-state index contributed by atoms with van der Waals surface area (Å²) in [4.78, 5) is 29.3. The molecule has 0 spiro atoms. The third-order valence-electron chi connectivity index (χ3n) is 5.41. The number of benzene rings is 1. The van der Waals surface area contributed by atoms with E-state index in [0.29, 0.717) is 19.0 Å². The predicted molar refractivity (Wildman–Crippen MR) is 98.1 cm³/mol. The standard InChI is InChI=1S/C20H29N3O2/c1-22-12-9-18(10-13-22)21-20(25)17-8-5-11-23(15-17)19(24)14-16-6-3-2-4-7-16/h2-4,6-7,17-18H,5,8-15H2,1H3,(H,21,25)/t17-/m1/s1. The van der Waals surface area contributed by atoms with Crippen LogP contribution >= 0.6 is 0 Å². The minimum absolute atomic E-state index is 0.0619. The molecule has 5 nitrogen and oxygen atoms in total. The molecule has 0 aliphatic carbocycles. The van der Waals surface area contributed by atoms with Gasteiger partial charge in [-0.2, -0.15) is 0 Å². The van der Waals surface area contributed by atoms with Crippen molar-refractivity contribution in [3.8, 4) is 0 Å². The van der Waals surface area contributed by atoms with Crippen molar-refractivity contribution in [1.29, 1.82) is 0 Å². The summed E-state index contributed by atoms with van der Waals surface area (Å²) < 4.78 is 0. The van der Waals surface area contributed by atoms with E-state index in [4.69, 9.17) is 0 Å².